The maximum Gasteiger partial charge on any atom is 0.338 e. The predicted molar refractivity (Wildman–Crippen MR) is 103 cm³/mol. The van der Waals surface area contributed by atoms with Crippen LogP contribution in [0, 0.1) is 0 Å². The number of anilines is 1. The largest absolute Gasteiger partial charge is 0.481 e. The molecular formula is C21H23NO6. The standard InChI is InChI=1S/C21H23NO6/c1-3-4-11-25-21(24)15-5-8-17(9-6-15)28-14(2)20(23)22-16-7-10-18-19(12-16)27-13-26-18/h5-10,12,14H,3-4,11,13H2,1-2H3,(H,22,23)/t14-/m0/s1. The Balaban J connectivity index is 1.53. The average Bonchev–Trinajstić information content (AvgIpc) is 3.16. The quantitative estimate of drug-likeness (QED) is 0.550. The van der Waals surface area contributed by atoms with Crippen molar-refractivity contribution < 1.29 is 28.5 Å². The Morgan fingerprint density at radius 2 is 1.86 bits per heavy atom. The number of hydrogen-bond donors (Lipinski definition) is 1. The molecule has 148 valence electrons. The van der Waals surface area contributed by atoms with E-state index in [0.717, 1.165) is 12.8 Å². The molecule has 0 saturated carbocycles. The van der Waals surface area contributed by atoms with Gasteiger partial charge in [-0.05, 0) is 49.7 Å². The first-order valence-electron chi connectivity index (χ1n) is 9.21. The highest BCUT2D eigenvalue weighted by Gasteiger charge is 2.18. The second-order valence-corrected chi connectivity index (χ2v) is 6.33. The van der Waals surface area contributed by atoms with Gasteiger partial charge in [-0.1, -0.05) is 13.3 Å². The molecular weight excluding hydrogens is 362 g/mol. The fourth-order valence-corrected chi connectivity index (χ4v) is 2.54. The van der Waals surface area contributed by atoms with Gasteiger partial charge in [0.2, 0.25) is 6.79 Å². The normalized spacial score (nSPS) is 12.9. The van der Waals surface area contributed by atoms with E-state index >= 15 is 0 Å². The van der Waals surface area contributed by atoms with E-state index in [1.165, 1.54) is 0 Å². The fraction of sp³-hybridized carbons (Fsp3) is 0.333. The topological polar surface area (TPSA) is 83.1 Å². The Hall–Kier alpha value is -3.22. The molecule has 0 radical (unpaired) electrons. The lowest BCUT2D eigenvalue weighted by Crippen LogP contribution is -2.30. The zero-order valence-corrected chi connectivity index (χ0v) is 15.9. The first-order chi connectivity index (χ1) is 13.6. The Morgan fingerprint density at radius 3 is 2.61 bits per heavy atom. The summed E-state index contributed by atoms with van der Waals surface area (Å²) in [7, 11) is 0. The smallest absolute Gasteiger partial charge is 0.338 e. The van der Waals surface area contributed by atoms with E-state index in [0.29, 0.717) is 35.1 Å². The van der Waals surface area contributed by atoms with E-state index in [1.54, 1.807) is 49.4 Å². The van der Waals surface area contributed by atoms with Crippen molar-refractivity contribution in [1.29, 1.82) is 0 Å². The summed E-state index contributed by atoms with van der Waals surface area (Å²) < 4.78 is 21.4. The van der Waals surface area contributed by atoms with Crippen LogP contribution in [0.3, 0.4) is 0 Å². The Morgan fingerprint density at radius 1 is 1.11 bits per heavy atom. The van der Waals surface area contributed by atoms with Crippen molar-refractivity contribution in [3.63, 3.8) is 0 Å². The van der Waals surface area contributed by atoms with Gasteiger partial charge in [0, 0.05) is 11.8 Å². The minimum Gasteiger partial charge on any atom is -0.481 e. The molecule has 0 unspecified atom stereocenters. The molecule has 2 aromatic carbocycles. The number of hydrogen-bond acceptors (Lipinski definition) is 6. The van der Waals surface area contributed by atoms with E-state index in [1.807, 2.05) is 6.92 Å². The van der Waals surface area contributed by atoms with E-state index in [9.17, 15) is 9.59 Å². The molecule has 0 aliphatic carbocycles. The van der Waals surface area contributed by atoms with Crippen molar-refractivity contribution in [2.75, 3.05) is 18.7 Å². The van der Waals surface area contributed by atoms with Gasteiger partial charge in [0.1, 0.15) is 5.75 Å². The summed E-state index contributed by atoms with van der Waals surface area (Å²) in [5.41, 5.74) is 1.04. The highest BCUT2D eigenvalue weighted by atomic mass is 16.7. The number of carbonyl (C=O) groups excluding carboxylic acids is 2. The summed E-state index contributed by atoms with van der Waals surface area (Å²) in [6.45, 7) is 4.26. The monoisotopic (exact) mass is 385 g/mol. The number of amides is 1. The number of ether oxygens (including phenoxy) is 4. The van der Waals surface area contributed by atoms with E-state index in [4.69, 9.17) is 18.9 Å². The van der Waals surface area contributed by atoms with Gasteiger partial charge in [-0.15, -0.1) is 0 Å². The molecule has 3 rings (SSSR count). The van der Waals surface area contributed by atoms with Gasteiger partial charge in [0.25, 0.3) is 5.91 Å². The van der Waals surface area contributed by atoms with Crippen molar-refractivity contribution in [3.05, 3.63) is 48.0 Å². The lowest BCUT2D eigenvalue weighted by Gasteiger charge is -2.15. The zero-order valence-electron chi connectivity index (χ0n) is 15.9. The summed E-state index contributed by atoms with van der Waals surface area (Å²) in [6.07, 6.45) is 1.07. The summed E-state index contributed by atoms with van der Waals surface area (Å²) in [4.78, 5) is 24.3. The van der Waals surface area contributed by atoms with Crippen molar-refractivity contribution in [2.24, 2.45) is 0 Å². The molecule has 7 nitrogen and oxygen atoms in total. The van der Waals surface area contributed by atoms with Gasteiger partial charge in [-0.2, -0.15) is 0 Å². The molecule has 28 heavy (non-hydrogen) atoms. The second-order valence-electron chi connectivity index (χ2n) is 6.33. The second kappa shape index (κ2) is 9.12. The van der Waals surface area contributed by atoms with Gasteiger partial charge in [0.05, 0.1) is 12.2 Å². The van der Waals surface area contributed by atoms with Crippen LogP contribution in [0.1, 0.15) is 37.0 Å². The molecule has 1 N–H and O–H groups in total. The van der Waals surface area contributed by atoms with E-state index in [2.05, 4.69) is 5.32 Å². The SMILES string of the molecule is CCCCOC(=O)c1ccc(O[C@@H](C)C(=O)Nc2ccc3c(c2)OCO3)cc1. The summed E-state index contributed by atoms with van der Waals surface area (Å²) in [5.74, 6) is 1.05. The minimum absolute atomic E-state index is 0.175. The molecule has 0 saturated heterocycles. The van der Waals surface area contributed by atoms with Crippen LogP contribution < -0.4 is 19.5 Å². The van der Waals surface area contributed by atoms with Gasteiger partial charge < -0.3 is 24.3 Å². The number of nitrogens with one attached hydrogen (secondary N) is 1. The van der Waals surface area contributed by atoms with Crippen LogP contribution in [0.5, 0.6) is 17.2 Å². The zero-order chi connectivity index (χ0) is 19.9. The van der Waals surface area contributed by atoms with E-state index < -0.39 is 6.10 Å². The molecule has 0 aromatic heterocycles. The third-order valence-corrected chi connectivity index (χ3v) is 4.14. The van der Waals surface area contributed by atoms with Gasteiger partial charge in [-0.3, -0.25) is 4.79 Å². The highest BCUT2D eigenvalue weighted by Crippen LogP contribution is 2.34. The lowest BCUT2D eigenvalue weighted by molar-refractivity contribution is -0.122. The van der Waals surface area contributed by atoms with Crippen LogP contribution in [-0.4, -0.2) is 31.4 Å². The Labute approximate surface area is 163 Å². The van der Waals surface area contributed by atoms with Crippen molar-refractivity contribution >= 4 is 17.6 Å². The third kappa shape index (κ3) is 4.94. The van der Waals surface area contributed by atoms with Crippen molar-refractivity contribution in [3.8, 4) is 17.2 Å². The molecule has 1 heterocycles. The number of fused-ring (bicyclic) bond motifs is 1. The van der Waals surface area contributed by atoms with E-state index in [-0.39, 0.29) is 18.7 Å². The molecule has 2 aromatic rings. The lowest BCUT2D eigenvalue weighted by atomic mass is 10.2. The molecule has 1 aliphatic heterocycles. The predicted octanol–water partition coefficient (Wildman–Crippen LogP) is 3.78. The Bertz CT molecular complexity index is 833. The van der Waals surface area contributed by atoms with Gasteiger partial charge in [0.15, 0.2) is 17.6 Å². The fourth-order valence-electron chi connectivity index (χ4n) is 2.54. The maximum atomic E-state index is 12.4. The number of esters is 1. The molecule has 1 amide bonds. The number of carbonyl (C=O) groups is 2. The highest BCUT2D eigenvalue weighted by molar-refractivity contribution is 5.94. The summed E-state index contributed by atoms with van der Waals surface area (Å²) >= 11 is 0. The Kier molecular flexibility index (Phi) is 6.37. The molecule has 1 atom stereocenters. The number of benzene rings is 2. The van der Waals surface area contributed by atoms with Gasteiger partial charge in [-0.25, -0.2) is 4.79 Å². The number of unbranched alkanes of at least 4 members (excludes halogenated alkanes) is 1. The van der Waals surface area contributed by atoms with Crippen molar-refractivity contribution in [2.45, 2.75) is 32.8 Å². The van der Waals surface area contributed by atoms with Crippen LogP contribution in [0.15, 0.2) is 42.5 Å². The maximum absolute atomic E-state index is 12.4. The first-order valence-corrected chi connectivity index (χ1v) is 9.21. The minimum atomic E-state index is -0.729. The summed E-state index contributed by atoms with van der Waals surface area (Å²) in [6, 6.07) is 11.7. The van der Waals surface area contributed by atoms with Gasteiger partial charge >= 0.3 is 5.97 Å². The third-order valence-electron chi connectivity index (χ3n) is 4.14. The van der Waals surface area contributed by atoms with Crippen LogP contribution in [-0.2, 0) is 9.53 Å². The molecule has 0 fully saturated rings. The van der Waals surface area contributed by atoms with Crippen LogP contribution >= 0.6 is 0 Å². The molecule has 7 heteroatoms. The van der Waals surface area contributed by atoms with Crippen LogP contribution in [0.2, 0.25) is 0 Å². The van der Waals surface area contributed by atoms with Crippen LogP contribution in [0.4, 0.5) is 5.69 Å². The average molecular weight is 385 g/mol. The first kappa shape index (κ1) is 19.5. The molecule has 0 spiro atoms. The molecule has 1 aliphatic rings. The van der Waals surface area contributed by atoms with Crippen LogP contribution in [0.25, 0.3) is 0 Å². The summed E-state index contributed by atoms with van der Waals surface area (Å²) in [5, 5.41) is 2.78. The number of rotatable bonds is 8. The van der Waals surface area contributed by atoms with Crippen molar-refractivity contribution in [1.82, 2.24) is 0 Å². The molecule has 0 bridgehead atoms.